The molecule has 0 fully saturated rings. The van der Waals surface area contributed by atoms with Crippen LogP contribution in [0.3, 0.4) is 0 Å². The van der Waals surface area contributed by atoms with E-state index in [4.69, 9.17) is 0 Å². The second-order valence-corrected chi connectivity index (χ2v) is 4.71. The molecule has 0 bridgehead atoms. The first kappa shape index (κ1) is 14.0. The summed E-state index contributed by atoms with van der Waals surface area (Å²) in [5, 5.41) is 4.13. The van der Waals surface area contributed by atoms with Crippen molar-refractivity contribution in [2.45, 2.75) is 19.8 Å². The second-order valence-electron chi connectivity index (χ2n) is 4.71. The Hall–Kier alpha value is -2.42. The van der Waals surface area contributed by atoms with Gasteiger partial charge in [0, 0.05) is 12.1 Å². The molecule has 102 valence electrons. The zero-order valence-electron chi connectivity index (χ0n) is 11.5. The lowest BCUT2D eigenvalue weighted by Crippen LogP contribution is -2.21. The molecule has 2 aromatic carbocycles. The van der Waals surface area contributed by atoms with E-state index in [0.717, 1.165) is 17.7 Å². The Morgan fingerprint density at radius 2 is 1.40 bits per heavy atom. The lowest BCUT2D eigenvalue weighted by atomic mass is 10.1. The molecule has 0 aliphatic rings. The highest BCUT2D eigenvalue weighted by Crippen LogP contribution is 2.01. The predicted octanol–water partition coefficient (Wildman–Crippen LogP) is 2.96. The first-order chi connectivity index (χ1) is 9.74. The molecule has 2 aromatic rings. The fourth-order valence-corrected chi connectivity index (χ4v) is 1.91. The van der Waals surface area contributed by atoms with Gasteiger partial charge in [-0.3, -0.25) is 4.79 Å². The van der Waals surface area contributed by atoms with Crippen LogP contribution in [0.15, 0.2) is 65.8 Å². The maximum absolute atomic E-state index is 11.8. The molecule has 1 amide bonds. The van der Waals surface area contributed by atoms with Gasteiger partial charge in [0.2, 0.25) is 5.91 Å². The summed E-state index contributed by atoms with van der Waals surface area (Å²) in [6.07, 6.45) is 1.09. The molecule has 0 saturated carbocycles. The quantitative estimate of drug-likeness (QED) is 0.656. The van der Waals surface area contributed by atoms with Gasteiger partial charge in [-0.25, -0.2) is 5.43 Å². The van der Waals surface area contributed by atoms with Gasteiger partial charge in [-0.2, -0.15) is 5.10 Å². The molecule has 3 nitrogen and oxygen atoms in total. The van der Waals surface area contributed by atoms with Crippen molar-refractivity contribution in [3.63, 3.8) is 0 Å². The van der Waals surface area contributed by atoms with Gasteiger partial charge in [-0.1, -0.05) is 60.7 Å². The molecule has 0 spiro atoms. The predicted molar refractivity (Wildman–Crippen MR) is 81.5 cm³/mol. The molecule has 20 heavy (non-hydrogen) atoms. The van der Waals surface area contributed by atoms with Crippen LogP contribution in [0.25, 0.3) is 0 Å². The molecule has 0 heterocycles. The SMILES string of the molecule is CC(Cc1ccccc1)=NNC(=O)Cc1ccccc1. The molecular formula is C17H18N2O. The highest BCUT2D eigenvalue weighted by Gasteiger charge is 2.02. The molecule has 0 saturated heterocycles. The molecule has 1 N–H and O–H groups in total. The summed E-state index contributed by atoms with van der Waals surface area (Å²) in [5.74, 6) is -0.0939. The van der Waals surface area contributed by atoms with Gasteiger partial charge < -0.3 is 0 Å². The Morgan fingerprint density at radius 1 is 0.900 bits per heavy atom. The van der Waals surface area contributed by atoms with Crippen molar-refractivity contribution in [3.8, 4) is 0 Å². The maximum atomic E-state index is 11.8. The number of carbonyl (C=O) groups excluding carboxylic acids is 1. The molecule has 0 atom stereocenters. The van der Waals surface area contributed by atoms with E-state index >= 15 is 0 Å². The van der Waals surface area contributed by atoms with E-state index in [9.17, 15) is 4.79 Å². The smallest absolute Gasteiger partial charge is 0.244 e. The van der Waals surface area contributed by atoms with E-state index in [2.05, 4.69) is 10.5 Å². The standard InChI is InChI=1S/C17H18N2O/c1-14(12-15-8-4-2-5-9-15)18-19-17(20)13-16-10-6-3-7-11-16/h2-11H,12-13H2,1H3,(H,19,20). The van der Waals surface area contributed by atoms with Crippen LogP contribution in [0.4, 0.5) is 0 Å². The molecule has 2 rings (SSSR count). The lowest BCUT2D eigenvalue weighted by Gasteiger charge is -2.03. The van der Waals surface area contributed by atoms with E-state index in [1.54, 1.807) is 0 Å². The van der Waals surface area contributed by atoms with Crippen LogP contribution in [0.2, 0.25) is 0 Å². The Morgan fingerprint density at radius 3 is 1.95 bits per heavy atom. The summed E-state index contributed by atoms with van der Waals surface area (Å²) in [6.45, 7) is 1.91. The summed E-state index contributed by atoms with van der Waals surface area (Å²) < 4.78 is 0. The second kappa shape index (κ2) is 7.24. The normalized spacial score (nSPS) is 11.2. The lowest BCUT2D eigenvalue weighted by molar-refractivity contribution is -0.120. The van der Waals surface area contributed by atoms with Gasteiger partial charge >= 0.3 is 0 Å². The largest absolute Gasteiger partial charge is 0.273 e. The average molecular weight is 266 g/mol. The van der Waals surface area contributed by atoms with Crippen LogP contribution >= 0.6 is 0 Å². The van der Waals surface area contributed by atoms with E-state index in [0.29, 0.717) is 6.42 Å². The summed E-state index contributed by atoms with van der Waals surface area (Å²) in [4.78, 5) is 11.8. The minimum Gasteiger partial charge on any atom is -0.273 e. The van der Waals surface area contributed by atoms with Crippen LogP contribution < -0.4 is 5.43 Å². The van der Waals surface area contributed by atoms with Crippen LogP contribution in [0.5, 0.6) is 0 Å². The van der Waals surface area contributed by atoms with Crippen molar-refractivity contribution in [2.75, 3.05) is 0 Å². The number of nitrogens with one attached hydrogen (secondary N) is 1. The van der Waals surface area contributed by atoms with Gasteiger partial charge in [0.15, 0.2) is 0 Å². The topological polar surface area (TPSA) is 41.5 Å². The van der Waals surface area contributed by atoms with Gasteiger partial charge in [0.25, 0.3) is 0 Å². The number of nitrogens with zero attached hydrogens (tertiary/aromatic N) is 1. The van der Waals surface area contributed by atoms with Crippen molar-refractivity contribution in [1.29, 1.82) is 0 Å². The highest BCUT2D eigenvalue weighted by molar-refractivity contribution is 5.86. The Labute approximate surface area is 119 Å². The summed E-state index contributed by atoms with van der Waals surface area (Å²) in [5.41, 5.74) is 5.66. The summed E-state index contributed by atoms with van der Waals surface area (Å²) in [7, 11) is 0. The van der Waals surface area contributed by atoms with Crippen molar-refractivity contribution in [3.05, 3.63) is 71.8 Å². The van der Waals surface area contributed by atoms with Crippen LogP contribution in [0.1, 0.15) is 18.1 Å². The first-order valence-electron chi connectivity index (χ1n) is 6.64. The number of hydrogen-bond acceptors (Lipinski definition) is 2. The molecule has 0 radical (unpaired) electrons. The Balaban J connectivity index is 1.84. The first-order valence-corrected chi connectivity index (χ1v) is 6.64. The Kier molecular flexibility index (Phi) is 5.07. The third-order valence-corrected chi connectivity index (χ3v) is 2.88. The van der Waals surface area contributed by atoms with E-state index in [-0.39, 0.29) is 5.91 Å². The molecule has 0 unspecified atom stereocenters. The number of rotatable bonds is 5. The number of carbonyl (C=O) groups is 1. The van der Waals surface area contributed by atoms with Crippen LogP contribution in [-0.2, 0) is 17.6 Å². The van der Waals surface area contributed by atoms with Crippen molar-refractivity contribution in [2.24, 2.45) is 5.10 Å². The van der Waals surface area contributed by atoms with Gasteiger partial charge in [-0.15, -0.1) is 0 Å². The molecule has 0 aromatic heterocycles. The third kappa shape index (κ3) is 4.69. The fourth-order valence-electron chi connectivity index (χ4n) is 1.91. The minimum atomic E-state index is -0.0939. The number of benzene rings is 2. The van der Waals surface area contributed by atoms with Crippen molar-refractivity contribution >= 4 is 11.6 Å². The van der Waals surface area contributed by atoms with Crippen LogP contribution in [-0.4, -0.2) is 11.6 Å². The average Bonchev–Trinajstić information content (AvgIpc) is 2.47. The summed E-state index contributed by atoms with van der Waals surface area (Å²) in [6, 6.07) is 19.7. The monoisotopic (exact) mass is 266 g/mol. The molecule has 3 heteroatoms. The third-order valence-electron chi connectivity index (χ3n) is 2.88. The number of amides is 1. The zero-order chi connectivity index (χ0) is 14.2. The van der Waals surface area contributed by atoms with Gasteiger partial charge in [0.05, 0.1) is 6.42 Å². The zero-order valence-corrected chi connectivity index (χ0v) is 11.5. The fraction of sp³-hybridized carbons (Fsp3) is 0.176. The van der Waals surface area contributed by atoms with E-state index in [1.807, 2.05) is 67.6 Å². The highest BCUT2D eigenvalue weighted by atomic mass is 16.2. The molecular weight excluding hydrogens is 248 g/mol. The van der Waals surface area contributed by atoms with Crippen molar-refractivity contribution < 1.29 is 4.79 Å². The van der Waals surface area contributed by atoms with E-state index in [1.165, 1.54) is 5.56 Å². The maximum Gasteiger partial charge on any atom is 0.244 e. The molecule has 0 aliphatic carbocycles. The van der Waals surface area contributed by atoms with Gasteiger partial charge in [-0.05, 0) is 18.1 Å². The van der Waals surface area contributed by atoms with Crippen LogP contribution in [0, 0.1) is 0 Å². The Bertz CT molecular complexity index is 576. The van der Waals surface area contributed by atoms with Crippen molar-refractivity contribution in [1.82, 2.24) is 5.43 Å². The van der Waals surface area contributed by atoms with Gasteiger partial charge in [0.1, 0.15) is 0 Å². The number of hydrogen-bond donors (Lipinski definition) is 1. The van der Waals surface area contributed by atoms with E-state index < -0.39 is 0 Å². The summed E-state index contributed by atoms with van der Waals surface area (Å²) >= 11 is 0. The molecule has 0 aliphatic heterocycles. The minimum absolute atomic E-state index is 0.0939. The number of hydrazone groups is 1.